The third kappa shape index (κ3) is 1.82. The van der Waals surface area contributed by atoms with Crippen LogP contribution in [-0.2, 0) is 0 Å². The minimum absolute atomic E-state index is 0.0469. The van der Waals surface area contributed by atoms with Crippen LogP contribution >= 0.6 is 0 Å². The maximum atomic E-state index is 11.0. The summed E-state index contributed by atoms with van der Waals surface area (Å²) in [6.45, 7) is 1.76. The lowest BCUT2D eigenvalue weighted by molar-refractivity contribution is 0.0927. The molecule has 0 spiro atoms. The van der Waals surface area contributed by atoms with Crippen molar-refractivity contribution < 1.29 is 14.4 Å². The second-order valence-electron chi connectivity index (χ2n) is 4.34. The number of primary amides is 1. The van der Waals surface area contributed by atoms with Gasteiger partial charge in [0.15, 0.2) is 5.69 Å². The Bertz CT molecular complexity index is 400. The number of carbonyl (C=O) groups is 1. The number of hydrogen-bond donors (Lipinski definition) is 2. The molecule has 0 bridgehead atoms. The van der Waals surface area contributed by atoms with Gasteiger partial charge in [0.05, 0.1) is 6.10 Å². The fourth-order valence-electron chi connectivity index (χ4n) is 2.34. The normalized spacial score (nSPS) is 25.6. The number of aromatic nitrogens is 1. The van der Waals surface area contributed by atoms with Gasteiger partial charge in [-0.25, -0.2) is 0 Å². The molecule has 0 aliphatic heterocycles. The Morgan fingerprint density at radius 1 is 1.50 bits per heavy atom. The largest absolute Gasteiger partial charge is 0.392 e. The number of nitrogens with zero attached hydrogens (tertiary/aromatic N) is 1. The Morgan fingerprint density at radius 3 is 2.75 bits per heavy atom. The van der Waals surface area contributed by atoms with Crippen LogP contribution in [0.2, 0.25) is 0 Å². The van der Waals surface area contributed by atoms with Crippen molar-refractivity contribution in [1.29, 1.82) is 0 Å². The van der Waals surface area contributed by atoms with Gasteiger partial charge in [0.2, 0.25) is 0 Å². The van der Waals surface area contributed by atoms with E-state index in [-0.39, 0.29) is 11.6 Å². The lowest BCUT2D eigenvalue weighted by atomic mass is 9.83. The molecule has 16 heavy (non-hydrogen) atoms. The molecule has 2 rings (SSSR count). The average molecular weight is 224 g/mol. The summed E-state index contributed by atoms with van der Waals surface area (Å²) in [7, 11) is 0. The molecule has 1 saturated carbocycles. The van der Waals surface area contributed by atoms with Crippen molar-refractivity contribution in [1.82, 2.24) is 5.16 Å². The Morgan fingerprint density at radius 2 is 2.19 bits per heavy atom. The molecule has 1 aromatic rings. The first-order chi connectivity index (χ1) is 7.61. The maximum Gasteiger partial charge on any atom is 0.271 e. The Balaban J connectivity index is 2.29. The highest BCUT2D eigenvalue weighted by Gasteiger charge is 2.31. The summed E-state index contributed by atoms with van der Waals surface area (Å²) in [4.78, 5) is 11.0. The molecule has 3 N–H and O–H groups in total. The van der Waals surface area contributed by atoms with Crippen molar-refractivity contribution in [2.75, 3.05) is 0 Å². The second kappa shape index (κ2) is 4.25. The van der Waals surface area contributed by atoms with E-state index < -0.39 is 12.0 Å². The molecule has 1 aliphatic rings. The zero-order chi connectivity index (χ0) is 11.7. The Kier molecular flexibility index (Phi) is 2.96. The van der Waals surface area contributed by atoms with Crippen molar-refractivity contribution >= 4 is 5.91 Å². The summed E-state index contributed by atoms with van der Waals surface area (Å²) in [5.74, 6) is -0.0202. The average Bonchev–Trinajstić information content (AvgIpc) is 2.61. The van der Waals surface area contributed by atoms with Gasteiger partial charge in [0.25, 0.3) is 5.91 Å². The van der Waals surface area contributed by atoms with E-state index in [1.165, 1.54) is 0 Å². The van der Waals surface area contributed by atoms with Crippen molar-refractivity contribution in [2.45, 2.75) is 44.6 Å². The quantitative estimate of drug-likeness (QED) is 0.787. The van der Waals surface area contributed by atoms with E-state index in [4.69, 9.17) is 10.3 Å². The first-order valence-corrected chi connectivity index (χ1v) is 5.55. The van der Waals surface area contributed by atoms with Crippen LogP contribution in [-0.4, -0.2) is 22.3 Å². The van der Waals surface area contributed by atoms with Crippen LogP contribution in [0.1, 0.15) is 53.4 Å². The van der Waals surface area contributed by atoms with Gasteiger partial charge in [-0.05, 0) is 19.8 Å². The van der Waals surface area contributed by atoms with Gasteiger partial charge in [-0.3, -0.25) is 4.79 Å². The monoisotopic (exact) mass is 224 g/mol. The van der Waals surface area contributed by atoms with Crippen LogP contribution in [0.5, 0.6) is 0 Å². The number of nitrogens with two attached hydrogens (primary N) is 1. The Labute approximate surface area is 93.6 Å². The molecule has 5 heteroatoms. The standard InChI is InChI=1S/C11H16N2O3/c1-6-9(11(12)15)13-16-10(6)7-4-2-3-5-8(7)14/h7-8,14H,2-5H2,1H3,(H2,12,15). The zero-order valence-electron chi connectivity index (χ0n) is 9.27. The molecule has 2 unspecified atom stereocenters. The molecule has 2 atom stereocenters. The van der Waals surface area contributed by atoms with E-state index in [9.17, 15) is 9.90 Å². The van der Waals surface area contributed by atoms with E-state index in [2.05, 4.69) is 5.16 Å². The number of hydrogen-bond acceptors (Lipinski definition) is 4. The maximum absolute atomic E-state index is 11.0. The molecule has 0 aromatic carbocycles. The zero-order valence-corrected chi connectivity index (χ0v) is 9.27. The van der Waals surface area contributed by atoms with Gasteiger partial charge in [-0.2, -0.15) is 0 Å². The Hall–Kier alpha value is -1.36. The van der Waals surface area contributed by atoms with Gasteiger partial charge in [0, 0.05) is 11.5 Å². The van der Waals surface area contributed by atoms with Crippen molar-refractivity contribution in [3.8, 4) is 0 Å². The van der Waals surface area contributed by atoms with Gasteiger partial charge >= 0.3 is 0 Å². The summed E-state index contributed by atoms with van der Waals surface area (Å²) in [6.07, 6.45) is 3.34. The summed E-state index contributed by atoms with van der Waals surface area (Å²) in [5, 5.41) is 13.6. The van der Waals surface area contributed by atoms with Gasteiger partial charge in [-0.1, -0.05) is 18.0 Å². The van der Waals surface area contributed by atoms with Crippen LogP contribution in [0.25, 0.3) is 0 Å². The number of aliphatic hydroxyl groups is 1. The molecule has 0 radical (unpaired) electrons. The van der Waals surface area contributed by atoms with Crippen LogP contribution < -0.4 is 5.73 Å². The van der Waals surface area contributed by atoms with E-state index >= 15 is 0 Å². The van der Waals surface area contributed by atoms with Gasteiger partial charge in [-0.15, -0.1) is 0 Å². The molecule has 5 nitrogen and oxygen atoms in total. The fourth-order valence-corrected chi connectivity index (χ4v) is 2.34. The number of rotatable bonds is 2. The van der Waals surface area contributed by atoms with Crippen LogP contribution in [0.4, 0.5) is 0 Å². The van der Waals surface area contributed by atoms with Crippen LogP contribution in [0.3, 0.4) is 0 Å². The molecule has 1 aliphatic carbocycles. The summed E-state index contributed by atoms with van der Waals surface area (Å²) in [6, 6.07) is 0. The molecular weight excluding hydrogens is 208 g/mol. The first kappa shape index (κ1) is 11.1. The lowest BCUT2D eigenvalue weighted by Gasteiger charge is -2.25. The molecule has 1 amide bonds. The molecule has 88 valence electrons. The number of carbonyl (C=O) groups excluding carboxylic acids is 1. The lowest BCUT2D eigenvalue weighted by Crippen LogP contribution is -2.23. The SMILES string of the molecule is Cc1c(C(N)=O)noc1C1CCCCC1O. The van der Waals surface area contributed by atoms with Crippen molar-refractivity contribution in [3.63, 3.8) is 0 Å². The molecule has 0 saturated heterocycles. The highest BCUT2D eigenvalue weighted by molar-refractivity contribution is 5.92. The van der Waals surface area contributed by atoms with E-state index in [1.807, 2.05) is 0 Å². The minimum atomic E-state index is -0.585. The third-order valence-electron chi connectivity index (χ3n) is 3.26. The van der Waals surface area contributed by atoms with Crippen molar-refractivity contribution in [3.05, 3.63) is 17.0 Å². The number of amides is 1. The molecule has 1 heterocycles. The summed E-state index contributed by atoms with van der Waals surface area (Å²) in [5.41, 5.74) is 6.01. The second-order valence-corrected chi connectivity index (χ2v) is 4.34. The predicted molar refractivity (Wildman–Crippen MR) is 57.0 cm³/mol. The first-order valence-electron chi connectivity index (χ1n) is 5.55. The third-order valence-corrected chi connectivity index (χ3v) is 3.26. The van der Waals surface area contributed by atoms with Gasteiger partial charge < -0.3 is 15.4 Å². The predicted octanol–water partition coefficient (Wildman–Crippen LogP) is 1.10. The summed E-state index contributed by atoms with van der Waals surface area (Å²) >= 11 is 0. The van der Waals surface area contributed by atoms with E-state index in [1.54, 1.807) is 6.92 Å². The van der Waals surface area contributed by atoms with E-state index in [0.717, 1.165) is 25.7 Å². The molecule has 1 fully saturated rings. The molecule has 1 aromatic heterocycles. The van der Waals surface area contributed by atoms with Crippen LogP contribution in [0, 0.1) is 6.92 Å². The van der Waals surface area contributed by atoms with Crippen molar-refractivity contribution in [2.24, 2.45) is 5.73 Å². The summed E-state index contributed by atoms with van der Waals surface area (Å²) < 4.78 is 5.16. The van der Waals surface area contributed by atoms with Gasteiger partial charge in [0.1, 0.15) is 5.76 Å². The van der Waals surface area contributed by atoms with Crippen LogP contribution in [0.15, 0.2) is 4.52 Å². The van der Waals surface area contributed by atoms with E-state index in [0.29, 0.717) is 11.3 Å². The number of aliphatic hydroxyl groups excluding tert-OH is 1. The topological polar surface area (TPSA) is 89.4 Å². The minimum Gasteiger partial charge on any atom is -0.392 e. The molecular formula is C11H16N2O3. The fraction of sp³-hybridized carbons (Fsp3) is 0.636. The highest BCUT2D eigenvalue weighted by atomic mass is 16.5. The smallest absolute Gasteiger partial charge is 0.271 e. The highest BCUT2D eigenvalue weighted by Crippen LogP contribution is 2.35.